The van der Waals surface area contributed by atoms with Crippen molar-refractivity contribution in [3.8, 4) is 0 Å². The average molecular weight is 317 g/mol. The van der Waals surface area contributed by atoms with Crippen molar-refractivity contribution in [3.05, 3.63) is 23.4 Å². The Morgan fingerprint density at radius 3 is 2.75 bits per heavy atom. The van der Waals surface area contributed by atoms with Gasteiger partial charge < -0.3 is 9.84 Å². The SMILES string of the molecule is CC1CN(CC(O)CSc2ccc(Cl)cn2)CC(C)O1. The minimum Gasteiger partial charge on any atom is -0.391 e. The number of hydrogen-bond donors (Lipinski definition) is 1. The van der Waals surface area contributed by atoms with Crippen LogP contribution in [0.2, 0.25) is 5.02 Å². The summed E-state index contributed by atoms with van der Waals surface area (Å²) in [5.74, 6) is 0.634. The Balaban J connectivity index is 1.74. The second-order valence-corrected chi connectivity index (χ2v) is 6.73. The second-order valence-electron chi connectivity index (χ2n) is 5.26. The van der Waals surface area contributed by atoms with Gasteiger partial charge in [0.25, 0.3) is 0 Å². The zero-order chi connectivity index (χ0) is 14.5. The maximum atomic E-state index is 10.1. The number of halogens is 1. The van der Waals surface area contributed by atoms with Crippen LogP contribution in [0.4, 0.5) is 0 Å². The molecule has 2 heterocycles. The highest BCUT2D eigenvalue weighted by Crippen LogP contribution is 2.19. The van der Waals surface area contributed by atoms with Gasteiger partial charge in [-0.1, -0.05) is 11.6 Å². The zero-order valence-corrected chi connectivity index (χ0v) is 13.4. The van der Waals surface area contributed by atoms with Gasteiger partial charge in [0.15, 0.2) is 0 Å². The molecule has 20 heavy (non-hydrogen) atoms. The molecule has 6 heteroatoms. The maximum absolute atomic E-state index is 10.1. The van der Waals surface area contributed by atoms with Gasteiger partial charge in [-0.05, 0) is 26.0 Å². The molecule has 1 aliphatic heterocycles. The van der Waals surface area contributed by atoms with E-state index in [1.54, 1.807) is 18.0 Å². The lowest BCUT2D eigenvalue weighted by atomic mass is 10.2. The summed E-state index contributed by atoms with van der Waals surface area (Å²) in [6.45, 7) is 6.58. The summed E-state index contributed by atoms with van der Waals surface area (Å²) in [4.78, 5) is 6.47. The number of aliphatic hydroxyl groups excluding tert-OH is 1. The molecule has 112 valence electrons. The fraction of sp³-hybridized carbons (Fsp3) is 0.643. The quantitative estimate of drug-likeness (QED) is 0.845. The molecule has 0 amide bonds. The average Bonchev–Trinajstić information content (AvgIpc) is 2.37. The minimum atomic E-state index is -0.366. The Hall–Kier alpha value is -0.330. The highest BCUT2D eigenvalue weighted by atomic mass is 35.5. The van der Waals surface area contributed by atoms with Gasteiger partial charge in [0.1, 0.15) is 0 Å². The molecule has 0 spiro atoms. The molecule has 1 aromatic heterocycles. The Morgan fingerprint density at radius 2 is 2.15 bits per heavy atom. The first kappa shape index (κ1) is 16.0. The number of aliphatic hydroxyl groups is 1. The molecule has 0 bridgehead atoms. The molecule has 1 aliphatic rings. The standard InChI is InChI=1S/C14H21ClN2O2S/c1-10-6-17(7-11(2)19-10)8-13(18)9-20-14-4-3-12(15)5-16-14/h3-5,10-11,13,18H,6-9H2,1-2H3. The van der Waals surface area contributed by atoms with Crippen molar-refractivity contribution in [2.24, 2.45) is 0 Å². The largest absolute Gasteiger partial charge is 0.391 e. The third kappa shape index (κ3) is 5.22. The van der Waals surface area contributed by atoms with Crippen LogP contribution in [-0.4, -0.2) is 58.7 Å². The fourth-order valence-corrected chi connectivity index (χ4v) is 3.29. The van der Waals surface area contributed by atoms with Crippen LogP contribution in [0.5, 0.6) is 0 Å². The highest BCUT2D eigenvalue weighted by molar-refractivity contribution is 7.99. The second kappa shape index (κ2) is 7.61. The predicted molar refractivity (Wildman–Crippen MR) is 82.4 cm³/mol. The van der Waals surface area contributed by atoms with Crippen LogP contribution in [0.15, 0.2) is 23.4 Å². The number of thioether (sulfide) groups is 1. The van der Waals surface area contributed by atoms with Crippen LogP contribution in [0.25, 0.3) is 0 Å². The Morgan fingerprint density at radius 1 is 1.45 bits per heavy atom. The molecule has 1 aromatic rings. The highest BCUT2D eigenvalue weighted by Gasteiger charge is 2.23. The Kier molecular flexibility index (Phi) is 6.11. The number of nitrogens with zero attached hydrogens (tertiary/aromatic N) is 2. The van der Waals surface area contributed by atoms with Gasteiger partial charge in [-0.3, -0.25) is 4.90 Å². The molecule has 3 unspecified atom stereocenters. The molecule has 4 nitrogen and oxygen atoms in total. The number of hydrogen-bond acceptors (Lipinski definition) is 5. The van der Waals surface area contributed by atoms with Crippen LogP contribution < -0.4 is 0 Å². The van der Waals surface area contributed by atoms with Gasteiger partial charge in [-0.2, -0.15) is 0 Å². The molecule has 2 rings (SSSR count). The number of β-amino-alcohol motifs (C(OH)–C–C–N with tert-alkyl or cyclic N) is 1. The molecular weight excluding hydrogens is 296 g/mol. The molecule has 1 saturated heterocycles. The van der Waals surface area contributed by atoms with Gasteiger partial charge in [0.05, 0.1) is 28.4 Å². The lowest BCUT2D eigenvalue weighted by Gasteiger charge is -2.36. The topological polar surface area (TPSA) is 45.6 Å². The number of ether oxygens (including phenoxy) is 1. The van der Waals surface area contributed by atoms with Gasteiger partial charge in [0, 0.05) is 31.6 Å². The predicted octanol–water partition coefficient (Wildman–Crippen LogP) is 2.30. The van der Waals surface area contributed by atoms with E-state index in [0.717, 1.165) is 18.1 Å². The number of morpholine rings is 1. The third-order valence-corrected chi connectivity index (χ3v) is 4.40. The van der Waals surface area contributed by atoms with Gasteiger partial charge >= 0.3 is 0 Å². The van der Waals surface area contributed by atoms with Crippen molar-refractivity contribution in [1.29, 1.82) is 0 Å². The van der Waals surface area contributed by atoms with E-state index in [4.69, 9.17) is 16.3 Å². The summed E-state index contributed by atoms with van der Waals surface area (Å²) in [6, 6.07) is 3.69. The van der Waals surface area contributed by atoms with E-state index in [9.17, 15) is 5.11 Å². The number of rotatable bonds is 5. The maximum Gasteiger partial charge on any atom is 0.0961 e. The van der Waals surface area contributed by atoms with Crippen LogP contribution in [-0.2, 0) is 4.74 Å². The first-order chi connectivity index (χ1) is 9.52. The van der Waals surface area contributed by atoms with E-state index < -0.39 is 0 Å². The van der Waals surface area contributed by atoms with Crippen LogP contribution >= 0.6 is 23.4 Å². The number of aromatic nitrogens is 1. The molecule has 0 aromatic carbocycles. The number of pyridine rings is 1. The van der Waals surface area contributed by atoms with E-state index in [2.05, 4.69) is 23.7 Å². The zero-order valence-electron chi connectivity index (χ0n) is 11.8. The first-order valence-corrected chi connectivity index (χ1v) is 8.19. The lowest BCUT2D eigenvalue weighted by molar-refractivity contribution is -0.0750. The Labute approximate surface area is 129 Å². The molecule has 0 saturated carbocycles. The summed E-state index contributed by atoms with van der Waals surface area (Å²) in [7, 11) is 0. The molecule has 1 N–H and O–H groups in total. The fourth-order valence-electron chi connectivity index (χ4n) is 2.41. The van der Waals surface area contributed by atoms with E-state index in [-0.39, 0.29) is 18.3 Å². The molecule has 3 atom stereocenters. The van der Waals surface area contributed by atoms with E-state index in [0.29, 0.717) is 17.3 Å². The molecule has 0 aliphatic carbocycles. The van der Waals surface area contributed by atoms with Crippen molar-refractivity contribution in [3.63, 3.8) is 0 Å². The molecule has 1 fully saturated rings. The molecular formula is C14H21ClN2O2S. The van der Waals surface area contributed by atoms with Crippen LogP contribution in [0.1, 0.15) is 13.8 Å². The summed E-state index contributed by atoms with van der Waals surface area (Å²) < 4.78 is 5.69. The van der Waals surface area contributed by atoms with Gasteiger partial charge in [0.2, 0.25) is 0 Å². The third-order valence-electron chi connectivity index (χ3n) is 3.09. The van der Waals surface area contributed by atoms with E-state index in [1.807, 2.05) is 12.1 Å². The van der Waals surface area contributed by atoms with E-state index >= 15 is 0 Å². The summed E-state index contributed by atoms with van der Waals surface area (Å²) in [5.41, 5.74) is 0. The first-order valence-electron chi connectivity index (χ1n) is 6.83. The molecule has 0 radical (unpaired) electrons. The lowest BCUT2D eigenvalue weighted by Crippen LogP contribution is -2.48. The normalized spacial score (nSPS) is 25.6. The van der Waals surface area contributed by atoms with Crippen molar-refractivity contribution in [2.75, 3.05) is 25.4 Å². The summed E-state index contributed by atoms with van der Waals surface area (Å²) in [6.07, 6.45) is 1.73. The van der Waals surface area contributed by atoms with Crippen molar-refractivity contribution >= 4 is 23.4 Å². The van der Waals surface area contributed by atoms with Gasteiger partial charge in [-0.15, -0.1) is 11.8 Å². The van der Waals surface area contributed by atoms with Crippen molar-refractivity contribution < 1.29 is 9.84 Å². The van der Waals surface area contributed by atoms with E-state index in [1.165, 1.54) is 0 Å². The Bertz CT molecular complexity index is 408. The summed E-state index contributed by atoms with van der Waals surface area (Å²) in [5, 5.41) is 11.6. The van der Waals surface area contributed by atoms with Crippen LogP contribution in [0, 0.1) is 0 Å². The summed E-state index contributed by atoms with van der Waals surface area (Å²) >= 11 is 7.34. The van der Waals surface area contributed by atoms with Crippen LogP contribution in [0.3, 0.4) is 0 Å². The minimum absolute atomic E-state index is 0.233. The smallest absolute Gasteiger partial charge is 0.0961 e. The van der Waals surface area contributed by atoms with Crippen molar-refractivity contribution in [2.45, 2.75) is 37.2 Å². The van der Waals surface area contributed by atoms with Gasteiger partial charge in [-0.25, -0.2) is 4.98 Å². The monoisotopic (exact) mass is 316 g/mol. The van der Waals surface area contributed by atoms with Crippen molar-refractivity contribution in [1.82, 2.24) is 9.88 Å².